The molecule has 4 rings (SSSR count). The van der Waals surface area contributed by atoms with E-state index < -0.39 is 6.67 Å². The molecule has 0 aliphatic carbocycles. The van der Waals surface area contributed by atoms with Crippen molar-refractivity contribution < 1.29 is 23.8 Å². The maximum Gasteiger partial charge on any atom is 0.290 e. The fraction of sp³-hybridized carbons (Fsp3) is 0.200. The predicted molar refractivity (Wildman–Crippen MR) is 119 cm³/mol. The van der Waals surface area contributed by atoms with E-state index >= 15 is 0 Å². The molecule has 0 saturated carbocycles. The highest BCUT2D eigenvalue weighted by atomic mass is 32.1. The van der Waals surface area contributed by atoms with E-state index in [1.54, 1.807) is 40.9 Å². The smallest absolute Gasteiger partial charge is 0.290 e. The van der Waals surface area contributed by atoms with E-state index in [9.17, 15) is 9.18 Å². The fourth-order valence-corrected chi connectivity index (χ4v) is 3.48. The number of H-pyrrole nitrogens is 1. The molecule has 0 aliphatic rings. The van der Waals surface area contributed by atoms with Crippen LogP contribution in [0.3, 0.4) is 0 Å². The summed E-state index contributed by atoms with van der Waals surface area (Å²) >= 11 is 1.36. The zero-order chi connectivity index (χ0) is 23.5. The maximum absolute atomic E-state index is 12.8. The summed E-state index contributed by atoms with van der Waals surface area (Å²) in [5.41, 5.74) is 2.76. The van der Waals surface area contributed by atoms with Crippen molar-refractivity contribution in [2.75, 3.05) is 25.2 Å². The standard InChI is InChI=1S/C19H18FN7O2S.CH2O2/c20-4-7-29-8-6-27-11-15(17(26-27)14-3-1-2-5-21-14)24-18(28)16-12-30-19(25-16)13-9-22-23-10-13;2-1-3/h1-3,5,9-12H,4,6-8H2,(H,22,23)(H,24,28);1H,(H,2,3). The molecule has 13 heteroatoms. The largest absolute Gasteiger partial charge is 0.483 e. The van der Waals surface area contributed by atoms with Crippen LogP contribution in [0.5, 0.6) is 0 Å². The number of hydrogen-bond donors (Lipinski definition) is 3. The molecule has 0 unspecified atom stereocenters. The van der Waals surface area contributed by atoms with E-state index in [2.05, 4.69) is 30.6 Å². The lowest BCUT2D eigenvalue weighted by atomic mass is 10.2. The number of carbonyl (C=O) groups excluding carboxylic acids is 1. The molecule has 11 nitrogen and oxygen atoms in total. The van der Waals surface area contributed by atoms with Crippen LogP contribution in [0.15, 0.2) is 48.4 Å². The number of ether oxygens (including phenoxy) is 1. The van der Waals surface area contributed by atoms with E-state index in [1.165, 1.54) is 11.3 Å². The van der Waals surface area contributed by atoms with Crippen molar-refractivity contribution in [2.24, 2.45) is 0 Å². The Morgan fingerprint density at radius 3 is 2.91 bits per heavy atom. The molecule has 0 spiro atoms. The molecule has 0 atom stereocenters. The van der Waals surface area contributed by atoms with E-state index in [0.717, 1.165) is 5.56 Å². The minimum atomic E-state index is -0.534. The lowest BCUT2D eigenvalue weighted by Crippen LogP contribution is -2.12. The molecular weight excluding hydrogens is 453 g/mol. The van der Waals surface area contributed by atoms with Crippen molar-refractivity contribution in [1.82, 2.24) is 29.9 Å². The molecule has 3 N–H and O–H groups in total. The second-order valence-electron chi connectivity index (χ2n) is 6.26. The van der Waals surface area contributed by atoms with Gasteiger partial charge in [0, 0.05) is 29.5 Å². The number of aromatic nitrogens is 6. The van der Waals surface area contributed by atoms with Crippen LogP contribution in [0.4, 0.5) is 10.1 Å². The highest BCUT2D eigenvalue weighted by molar-refractivity contribution is 7.13. The molecule has 172 valence electrons. The summed E-state index contributed by atoms with van der Waals surface area (Å²) in [6.07, 6.45) is 6.72. The second-order valence-corrected chi connectivity index (χ2v) is 7.11. The van der Waals surface area contributed by atoms with Crippen molar-refractivity contribution in [3.8, 4) is 22.0 Å². The minimum Gasteiger partial charge on any atom is -0.483 e. The van der Waals surface area contributed by atoms with Gasteiger partial charge in [0.05, 0.1) is 37.3 Å². The number of alkyl halides is 1. The number of hydrogen-bond acceptors (Lipinski definition) is 8. The average Bonchev–Trinajstić information content (AvgIpc) is 3.59. The SMILES string of the molecule is O=C(Nc1cn(CCOCCF)nc1-c1ccccn1)c1csc(-c2cn[nH]c2)n1.O=CO. The number of carboxylic acid groups (broad SMARTS) is 1. The van der Waals surface area contributed by atoms with E-state index in [4.69, 9.17) is 14.6 Å². The number of halogens is 1. The summed E-state index contributed by atoms with van der Waals surface area (Å²) < 4.78 is 19.0. The molecule has 0 aromatic carbocycles. The third-order valence-corrected chi connectivity index (χ3v) is 4.98. The molecule has 0 aliphatic heterocycles. The van der Waals surface area contributed by atoms with Crippen LogP contribution in [0.1, 0.15) is 10.5 Å². The highest BCUT2D eigenvalue weighted by Crippen LogP contribution is 2.27. The van der Waals surface area contributed by atoms with Crippen LogP contribution < -0.4 is 5.32 Å². The van der Waals surface area contributed by atoms with E-state index in [0.29, 0.717) is 40.9 Å². The number of anilines is 1. The molecule has 33 heavy (non-hydrogen) atoms. The lowest BCUT2D eigenvalue weighted by molar-refractivity contribution is -0.122. The Kier molecular flexibility index (Phi) is 8.73. The zero-order valence-corrected chi connectivity index (χ0v) is 18.0. The number of thiazole rings is 1. The van der Waals surface area contributed by atoms with Crippen LogP contribution in [0.2, 0.25) is 0 Å². The summed E-state index contributed by atoms with van der Waals surface area (Å²) in [6, 6.07) is 5.45. The van der Waals surface area contributed by atoms with Gasteiger partial charge >= 0.3 is 0 Å². The van der Waals surface area contributed by atoms with Gasteiger partial charge in [0.25, 0.3) is 12.4 Å². The first kappa shape index (κ1) is 23.7. The van der Waals surface area contributed by atoms with Crippen LogP contribution in [-0.4, -0.2) is 67.3 Å². The second kappa shape index (κ2) is 12.2. The Morgan fingerprint density at radius 1 is 1.36 bits per heavy atom. The van der Waals surface area contributed by atoms with Gasteiger partial charge in [-0.1, -0.05) is 6.07 Å². The van der Waals surface area contributed by atoms with Gasteiger partial charge < -0.3 is 15.2 Å². The molecule has 0 bridgehead atoms. The van der Waals surface area contributed by atoms with Crippen molar-refractivity contribution in [3.63, 3.8) is 0 Å². The van der Waals surface area contributed by atoms with Gasteiger partial charge in [-0.2, -0.15) is 10.2 Å². The summed E-state index contributed by atoms with van der Waals surface area (Å²) in [5, 5.41) is 23.3. The van der Waals surface area contributed by atoms with Gasteiger partial charge in [0.15, 0.2) is 0 Å². The van der Waals surface area contributed by atoms with Crippen molar-refractivity contribution in [2.45, 2.75) is 6.54 Å². The number of aromatic amines is 1. The molecule has 1 amide bonds. The molecule has 4 aromatic rings. The quantitative estimate of drug-likeness (QED) is 0.248. The Bertz CT molecular complexity index is 1150. The lowest BCUT2D eigenvalue weighted by Gasteiger charge is -2.03. The monoisotopic (exact) mass is 473 g/mol. The maximum atomic E-state index is 12.8. The zero-order valence-electron chi connectivity index (χ0n) is 17.2. The summed E-state index contributed by atoms with van der Waals surface area (Å²) in [5.74, 6) is -0.355. The normalized spacial score (nSPS) is 10.3. The summed E-state index contributed by atoms with van der Waals surface area (Å²) in [7, 11) is 0. The van der Waals surface area contributed by atoms with Crippen LogP contribution >= 0.6 is 11.3 Å². The number of rotatable bonds is 9. The predicted octanol–water partition coefficient (Wildman–Crippen LogP) is 2.73. The van der Waals surface area contributed by atoms with Crippen LogP contribution in [0, 0.1) is 0 Å². The van der Waals surface area contributed by atoms with E-state index in [-0.39, 0.29) is 19.0 Å². The van der Waals surface area contributed by atoms with Gasteiger partial charge in [-0.15, -0.1) is 11.3 Å². The number of nitrogens with zero attached hydrogens (tertiary/aromatic N) is 5. The molecule has 4 aromatic heterocycles. The molecule has 0 fully saturated rings. The van der Waals surface area contributed by atoms with Gasteiger partial charge in [-0.05, 0) is 12.1 Å². The Hall–Kier alpha value is -3.97. The van der Waals surface area contributed by atoms with Crippen molar-refractivity contribution in [3.05, 3.63) is 54.1 Å². The van der Waals surface area contributed by atoms with Gasteiger partial charge in [0.1, 0.15) is 23.1 Å². The average molecular weight is 473 g/mol. The van der Waals surface area contributed by atoms with Crippen LogP contribution in [-0.2, 0) is 16.1 Å². The highest BCUT2D eigenvalue weighted by Gasteiger charge is 2.18. The van der Waals surface area contributed by atoms with Gasteiger partial charge in [-0.25, -0.2) is 9.37 Å². The fourth-order valence-electron chi connectivity index (χ4n) is 2.70. The first-order valence-corrected chi connectivity index (χ1v) is 10.5. The van der Waals surface area contributed by atoms with Crippen LogP contribution in [0.25, 0.3) is 22.0 Å². The molecule has 4 heterocycles. The Morgan fingerprint density at radius 2 is 2.21 bits per heavy atom. The third kappa shape index (κ3) is 6.51. The van der Waals surface area contributed by atoms with Gasteiger partial charge in [0.2, 0.25) is 0 Å². The number of amides is 1. The first-order valence-electron chi connectivity index (χ1n) is 9.62. The molecule has 0 saturated heterocycles. The minimum absolute atomic E-state index is 0.0424. The van der Waals surface area contributed by atoms with Crippen molar-refractivity contribution in [1.29, 1.82) is 0 Å². The first-order chi connectivity index (χ1) is 16.2. The van der Waals surface area contributed by atoms with Crippen molar-refractivity contribution >= 4 is 29.4 Å². The molecule has 0 radical (unpaired) electrons. The van der Waals surface area contributed by atoms with E-state index in [1.807, 2.05) is 12.1 Å². The third-order valence-electron chi connectivity index (χ3n) is 4.09. The Labute approximate surface area is 191 Å². The van der Waals surface area contributed by atoms with Gasteiger partial charge in [-0.3, -0.25) is 24.4 Å². The molecular formula is C20H20FN7O4S. The number of nitrogens with one attached hydrogen (secondary N) is 2. The summed E-state index contributed by atoms with van der Waals surface area (Å²) in [6.45, 7) is -0.0212. The Balaban J connectivity index is 0.000000968. The number of carbonyl (C=O) groups is 2. The number of pyridine rings is 1. The summed E-state index contributed by atoms with van der Waals surface area (Å²) in [4.78, 5) is 29.8. The topological polar surface area (TPSA) is 148 Å².